The van der Waals surface area contributed by atoms with Crippen LogP contribution < -0.4 is 5.32 Å². The molecule has 1 aliphatic rings. The number of halogens is 1. The van der Waals surface area contributed by atoms with E-state index in [4.69, 9.17) is 21.6 Å². The van der Waals surface area contributed by atoms with Gasteiger partial charge in [0.1, 0.15) is 11.7 Å². The first-order chi connectivity index (χ1) is 13.1. The van der Waals surface area contributed by atoms with E-state index in [1.165, 1.54) is 0 Å². The Hall–Kier alpha value is -2.46. The zero-order valence-corrected chi connectivity index (χ0v) is 17.5. The lowest BCUT2D eigenvalue weighted by molar-refractivity contribution is 0.0253. The van der Waals surface area contributed by atoms with Crippen LogP contribution in [0.25, 0.3) is 0 Å². The van der Waals surface area contributed by atoms with Crippen molar-refractivity contribution in [2.45, 2.75) is 39.2 Å². The first-order valence-electron chi connectivity index (χ1n) is 9.28. The van der Waals surface area contributed by atoms with Gasteiger partial charge in [0, 0.05) is 32.4 Å². The summed E-state index contributed by atoms with van der Waals surface area (Å²) in [5, 5.41) is 12.1. The van der Waals surface area contributed by atoms with Gasteiger partial charge in [0.25, 0.3) is 0 Å². The van der Waals surface area contributed by atoms with Crippen LogP contribution in [0.15, 0.2) is 18.2 Å². The highest BCUT2D eigenvalue weighted by Crippen LogP contribution is 2.22. The molecule has 1 saturated heterocycles. The number of nitriles is 1. The maximum absolute atomic E-state index is 12.6. The molecule has 152 valence electrons. The Labute approximate surface area is 171 Å². The van der Waals surface area contributed by atoms with E-state index in [1.54, 1.807) is 35.0 Å². The Kier molecular flexibility index (Phi) is 7.14. The molecule has 7 nitrogen and oxygen atoms in total. The minimum absolute atomic E-state index is 0.182. The average Bonchev–Trinajstić information content (AvgIpc) is 2.60. The van der Waals surface area contributed by atoms with Gasteiger partial charge < -0.3 is 19.9 Å². The Balaban J connectivity index is 1.91. The molecule has 1 atom stereocenters. The number of benzene rings is 1. The molecule has 3 amide bonds. The van der Waals surface area contributed by atoms with Crippen molar-refractivity contribution < 1.29 is 14.3 Å². The van der Waals surface area contributed by atoms with E-state index in [1.807, 2.05) is 26.8 Å². The third kappa shape index (κ3) is 6.31. The lowest BCUT2D eigenvalue weighted by Crippen LogP contribution is -2.46. The zero-order chi connectivity index (χ0) is 20.9. The number of ether oxygens (including phenoxy) is 1. The summed E-state index contributed by atoms with van der Waals surface area (Å²) in [7, 11) is 1.71. The van der Waals surface area contributed by atoms with Gasteiger partial charge >= 0.3 is 12.1 Å². The number of hydrogen-bond acceptors (Lipinski definition) is 4. The van der Waals surface area contributed by atoms with Gasteiger partial charge in [0.05, 0.1) is 10.6 Å². The topological polar surface area (TPSA) is 85.7 Å². The summed E-state index contributed by atoms with van der Waals surface area (Å²) in [4.78, 5) is 28.0. The first kappa shape index (κ1) is 21.8. The first-order valence-corrected chi connectivity index (χ1v) is 9.66. The van der Waals surface area contributed by atoms with E-state index in [2.05, 4.69) is 5.32 Å². The van der Waals surface area contributed by atoms with Gasteiger partial charge in [0.15, 0.2) is 0 Å². The molecule has 0 bridgehead atoms. The van der Waals surface area contributed by atoms with Gasteiger partial charge in [0.2, 0.25) is 0 Å². The fraction of sp³-hybridized carbons (Fsp3) is 0.550. The number of rotatable bonds is 3. The van der Waals surface area contributed by atoms with E-state index >= 15 is 0 Å². The molecule has 0 aliphatic carbocycles. The number of carbonyl (C=O) groups excluding carboxylic acids is 2. The summed E-state index contributed by atoms with van der Waals surface area (Å²) in [6, 6.07) is 6.57. The van der Waals surface area contributed by atoms with Crippen LogP contribution in [-0.2, 0) is 4.74 Å². The predicted molar refractivity (Wildman–Crippen MR) is 108 cm³/mol. The molecular formula is C20H27ClN4O3. The van der Waals surface area contributed by atoms with Crippen molar-refractivity contribution in [3.8, 4) is 6.07 Å². The van der Waals surface area contributed by atoms with Gasteiger partial charge in [-0.25, -0.2) is 9.59 Å². The molecule has 1 unspecified atom stereocenters. The molecule has 1 N–H and O–H groups in total. The highest BCUT2D eigenvalue weighted by molar-refractivity contribution is 6.32. The molecule has 1 heterocycles. The number of hydrogen-bond donors (Lipinski definition) is 1. The van der Waals surface area contributed by atoms with E-state index in [-0.39, 0.29) is 18.0 Å². The summed E-state index contributed by atoms with van der Waals surface area (Å²) in [5.41, 5.74) is 0.372. The number of urea groups is 1. The number of likely N-dealkylation sites (tertiary alicyclic amines) is 1. The van der Waals surface area contributed by atoms with Crippen LogP contribution in [0.1, 0.15) is 39.2 Å². The van der Waals surface area contributed by atoms with E-state index in [0.29, 0.717) is 35.9 Å². The Morgan fingerprint density at radius 3 is 2.75 bits per heavy atom. The van der Waals surface area contributed by atoms with Gasteiger partial charge in [-0.1, -0.05) is 11.6 Å². The van der Waals surface area contributed by atoms with Crippen LogP contribution in [0.4, 0.5) is 15.3 Å². The molecule has 0 spiro atoms. The second kappa shape index (κ2) is 9.16. The van der Waals surface area contributed by atoms with Gasteiger partial charge in [-0.2, -0.15) is 5.26 Å². The van der Waals surface area contributed by atoms with Gasteiger partial charge in [-0.15, -0.1) is 0 Å². The van der Waals surface area contributed by atoms with E-state index in [9.17, 15) is 9.59 Å². The SMILES string of the molecule is CN(CC1CCCN(C(=O)Nc2ccc(C#N)c(Cl)c2)C1)C(=O)OC(C)(C)C. The maximum Gasteiger partial charge on any atom is 0.410 e. The predicted octanol–water partition coefficient (Wildman–Crippen LogP) is 4.32. The normalized spacial score (nSPS) is 16.9. The minimum Gasteiger partial charge on any atom is -0.444 e. The van der Waals surface area contributed by atoms with Crippen LogP contribution >= 0.6 is 11.6 Å². The summed E-state index contributed by atoms with van der Waals surface area (Å²) >= 11 is 6.02. The number of nitrogens with one attached hydrogen (secondary N) is 1. The van der Waals surface area contributed by atoms with Crippen molar-refractivity contribution in [1.29, 1.82) is 5.26 Å². The largest absolute Gasteiger partial charge is 0.444 e. The molecule has 0 aromatic heterocycles. The molecule has 1 fully saturated rings. The third-order valence-corrected chi connectivity index (χ3v) is 4.70. The Morgan fingerprint density at radius 2 is 2.14 bits per heavy atom. The lowest BCUT2D eigenvalue weighted by atomic mass is 9.98. The zero-order valence-electron chi connectivity index (χ0n) is 16.8. The molecule has 1 aromatic carbocycles. The quantitative estimate of drug-likeness (QED) is 0.809. The molecule has 0 saturated carbocycles. The Bertz CT molecular complexity index is 770. The van der Waals surface area contributed by atoms with Gasteiger partial charge in [-0.05, 0) is 57.7 Å². The highest BCUT2D eigenvalue weighted by atomic mass is 35.5. The summed E-state index contributed by atoms with van der Waals surface area (Å²) in [6.07, 6.45) is 1.45. The summed E-state index contributed by atoms with van der Waals surface area (Å²) in [6.45, 7) is 7.25. The van der Waals surface area contributed by atoms with Crippen molar-refractivity contribution in [3.63, 3.8) is 0 Å². The van der Waals surface area contributed by atoms with Crippen molar-refractivity contribution in [2.75, 3.05) is 32.0 Å². The van der Waals surface area contributed by atoms with Crippen LogP contribution in [0.5, 0.6) is 0 Å². The Morgan fingerprint density at radius 1 is 1.43 bits per heavy atom. The fourth-order valence-electron chi connectivity index (χ4n) is 3.09. The number of amides is 3. The van der Waals surface area contributed by atoms with Crippen molar-refractivity contribution >= 4 is 29.4 Å². The molecular weight excluding hydrogens is 380 g/mol. The standard InChI is InChI=1S/C20H27ClN4O3/c1-20(2,3)28-19(27)24(4)12-14-6-5-9-25(13-14)18(26)23-16-8-7-15(11-22)17(21)10-16/h7-8,10,14H,5-6,9,12-13H2,1-4H3,(H,23,26). The smallest absolute Gasteiger partial charge is 0.410 e. The lowest BCUT2D eigenvalue weighted by Gasteiger charge is -2.35. The molecule has 1 aliphatic heterocycles. The van der Waals surface area contributed by atoms with Gasteiger partial charge in [-0.3, -0.25) is 0 Å². The molecule has 28 heavy (non-hydrogen) atoms. The highest BCUT2D eigenvalue weighted by Gasteiger charge is 2.27. The minimum atomic E-state index is -0.536. The van der Waals surface area contributed by atoms with Crippen LogP contribution in [0, 0.1) is 17.2 Å². The van der Waals surface area contributed by atoms with Crippen LogP contribution in [0.3, 0.4) is 0 Å². The number of anilines is 1. The molecule has 0 radical (unpaired) electrons. The number of piperidine rings is 1. The van der Waals surface area contributed by atoms with Crippen molar-refractivity contribution in [3.05, 3.63) is 28.8 Å². The van der Waals surface area contributed by atoms with E-state index in [0.717, 1.165) is 12.8 Å². The van der Waals surface area contributed by atoms with Crippen molar-refractivity contribution in [2.24, 2.45) is 5.92 Å². The monoisotopic (exact) mass is 406 g/mol. The molecule has 8 heteroatoms. The van der Waals surface area contributed by atoms with Crippen molar-refractivity contribution in [1.82, 2.24) is 9.80 Å². The second-order valence-corrected chi connectivity index (χ2v) is 8.46. The fourth-order valence-corrected chi connectivity index (χ4v) is 3.31. The summed E-state index contributed by atoms with van der Waals surface area (Å²) in [5.74, 6) is 0.182. The molecule has 2 rings (SSSR count). The third-order valence-electron chi connectivity index (χ3n) is 4.38. The number of carbonyl (C=O) groups is 2. The number of nitrogens with zero attached hydrogens (tertiary/aromatic N) is 3. The molecule has 1 aromatic rings. The maximum atomic E-state index is 12.6. The van der Waals surface area contributed by atoms with E-state index < -0.39 is 5.60 Å². The van der Waals surface area contributed by atoms with Crippen LogP contribution in [0.2, 0.25) is 5.02 Å². The second-order valence-electron chi connectivity index (χ2n) is 8.05. The van der Waals surface area contributed by atoms with Crippen LogP contribution in [-0.4, -0.2) is 54.2 Å². The summed E-state index contributed by atoms with van der Waals surface area (Å²) < 4.78 is 5.38. The average molecular weight is 407 g/mol.